The minimum absolute atomic E-state index is 0.0725. The van der Waals surface area contributed by atoms with Crippen LogP contribution in [0.1, 0.15) is 5.56 Å². The molecule has 6 nitrogen and oxygen atoms in total. The average molecular weight is 489 g/mol. The number of sulfone groups is 1. The number of aromatic nitrogens is 1. The summed E-state index contributed by atoms with van der Waals surface area (Å²) >= 11 is 0.985. The van der Waals surface area contributed by atoms with E-state index in [1.807, 2.05) is 0 Å². The number of hydrogen-bond donors (Lipinski definition) is 1. The summed E-state index contributed by atoms with van der Waals surface area (Å²) in [6.45, 7) is 0. The lowest BCUT2D eigenvalue weighted by Crippen LogP contribution is -2.11. The fourth-order valence-electron chi connectivity index (χ4n) is 3.08. The Labute approximate surface area is 189 Å². The Hall–Kier alpha value is -2.92. The van der Waals surface area contributed by atoms with Crippen LogP contribution in [-0.4, -0.2) is 21.8 Å². The molecule has 10 heteroatoms. The van der Waals surface area contributed by atoms with Gasteiger partial charge in [0, 0.05) is 5.56 Å². The van der Waals surface area contributed by atoms with Crippen molar-refractivity contribution < 1.29 is 21.2 Å². The van der Waals surface area contributed by atoms with Crippen LogP contribution in [0.15, 0.2) is 88.1 Å². The zero-order valence-corrected chi connectivity index (χ0v) is 18.9. The van der Waals surface area contributed by atoms with Crippen LogP contribution in [0.2, 0.25) is 0 Å². The molecule has 32 heavy (non-hydrogen) atoms. The smallest absolute Gasteiger partial charge is 0.225 e. The van der Waals surface area contributed by atoms with Crippen molar-refractivity contribution in [1.29, 1.82) is 0 Å². The van der Waals surface area contributed by atoms with E-state index in [1.165, 1.54) is 36.4 Å². The third-order valence-corrected chi connectivity index (χ3v) is 8.81. The first-order valence-electron chi connectivity index (χ1n) is 9.30. The van der Waals surface area contributed by atoms with Gasteiger partial charge in [-0.2, -0.15) is 0 Å². The number of nitrogens with two attached hydrogens (primary N) is 1. The summed E-state index contributed by atoms with van der Waals surface area (Å²) in [7, 11) is -7.63. The molecule has 1 heterocycles. The van der Waals surface area contributed by atoms with Gasteiger partial charge >= 0.3 is 0 Å². The second-order valence-electron chi connectivity index (χ2n) is 6.98. The van der Waals surface area contributed by atoms with Gasteiger partial charge in [-0.3, -0.25) is 0 Å². The van der Waals surface area contributed by atoms with Crippen LogP contribution in [0.25, 0.3) is 21.7 Å². The van der Waals surface area contributed by atoms with Crippen molar-refractivity contribution in [1.82, 2.24) is 4.98 Å². The van der Waals surface area contributed by atoms with E-state index in [-0.39, 0.29) is 15.0 Å². The Morgan fingerprint density at radius 1 is 0.812 bits per heavy atom. The average Bonchev–Trinajstić information content (AvgIpc) is 3.21. The zero-order valence-electron chi connectivity index (χ0n) is 16.5. The van der Waals surface area contributed by atoms with Crippen molar-refractivity contribution in [3.63, 3.8) is 0 Å². The van der Waals surface area contributed by atoms with E-state index in [0.717, 1.165) is 11.3 Å². The molecule has 0 unspecified atom stereocenters. The third-order valence-electron chi connectivity index (χ3n) is 4.64. The maximum atomic E-state index is 13.4. The molecule has 0 atom stereocenters. The molecule has 0 spiro atoms. The molecule has 164 valence electrons. The summed E-state index contributed by atoms with van der Waals surface area (Å²) in [4.78, 5) is 4.85. The minimum Gasteiger partial charge on any atom is -0.225 e. The van der Waals surface area contributed by atoms with Crippen LogP contribution >= 0.6 is 11.3 Å². The van der Waals surface area contributed by atoms with E-state index >= 15 is 0 Å². The molecular weight excluding hydrogens is 471 g/mol. The predicted octanol–water partition coefficient (Wildman–Crippen LogP) is 4.24. The molecule has 0 aliphatic rings. The van der Waals surface area contributed by atoms with Crippen molar-refractivity contribution >= 4 is 31.2 Å². The number of benzene rings is 3. The molecule has 0 bridgehead atoms. The highest BCUT2D eigenvalue weighted by Crippen LogP contribution is 2.39. The maximum Gasteiger partial charge on any atom is 0.238 e. The van der Waals surface area contributed by atoms with Gasteiger partial charge in [0.25, 0.3) is 0 Å². The number of rotatable bonds is 6. The van der Waals surface area contributed by atoms with Crippen molar-refractivity contribution in [2.45, 2.75) is 15.0 Å². The molecule has 0 amide bonds. The van der Waals surface area contributed by atoms with Gasteiger partial charge in [0.05, 0.1) is 21.2 Å². The van der Waals surface area contributed by atoms with E-state index in [2.05, 4.69) is 4.98 Å². The molecule has 1 aromatic heterocycles. The lowest BCUT2D eigenvalue weighted by Gasteiger charge is -2.04. The lowest BCUT2D eigenvalue weighted by molar-refractivity contribution is 0.594. The van der Waals surface area contributed by atoms with Crippen molar-refractivity contribution in [3.05, 3.63) is 90.2 Å². The molecule has 0 fully saturated rings. The Morgan fingerprint density at radius 3 is 2.00 bits per heavy atom. The fourth-order valence-corrected chi connectivity index (χ4v) is 6.34. The molecule has 0 saturated heterocycles. The van der Waals surface area contributed by atoms with Crippen molar-refractivity contribution in [2.75, 3.05) is 0 Å². The SMILES string of the molecule is NS(=O)(=O)c1ccc(-c2nc(S(=O)(=O)Cc3ccccc3)sc2-c2ccc(F)cc2)cc1. The van der Waals surface area contributed by atoms with E-state index < -0.39 is 25.7 Å². The third kappa shape index (κ3) is 4.78. The van der Waals surface area contributed by atoms with E-state index in [1.54, 1.807) is 42.5 Å². The van der Waals surface area contributed by atoms with Gasteiger partial charge in [0.15, 0.2) is 0 Å². The normalized spacial score (nSPS) is 12.1. The van der Waals surface area contributed by atoms with E-state index in [9.17, 15) is 21.2 Å². The summed E-state index contributed by atoms with van der Waals surface area (Å²) in [6, 6.07) is 20.1. The summed E-state index contributed by atoms with van der Waals surface area (Å²) < 4.78 is 62.6. The molecule has 4 aromatic rings. The van der Waals surface area contributed by atoms with Crippen molar-refractivity contribution in [3.8, 4) is 21.7 Å². The molecular formula is C22H17FN2O4S3. The topological polar surface area (TPSA) is 107 Å². The summed E-state index contributed by atoms with van der Waals surface area (Å²) in [5, 5.41) is 5.16. The monoisotopic (exact) mass is 488 g/mol. The summed E-state index contributed by atoms with van der Waals surface area (Å²) in [6.07, 6.45) is 0. The van der Waals surface area contributed by atoms with Crippen LogP contribution in [0.4, 0.5) is 4.39 Å². The Morgan fingerprint density at radius 2 is 1.41 bits per heavy atom. The second kappa shape index (κ2) is 8.55. The first-order valence-corrected chi connectivity index (χ1v) is 13.3. The van der Waals surface area contributed by atoms with Gasteiger partial charge < -0.3 is 0 Å². The molecule has 2 N–H and O–H groups in total. The highest BCUT2D eigenvalue weighted by Gasteiger charge is 2.24. The van der Waals surface area contributed by atoms with Crippen LogP contribution in [0.3, 0.4) is 0 Å². The zero-order chi connectivity index (χ0) is 22.9. The van der Waals surface area contributed by atoms with Gasteiger partial charge in [-0.05, 0) is 35.4 Å². The minimum atomic E-state index is -3.88. The number of hydrogen-bond acceptors (Lipinski definition) is 6. The van der Waals surface area contributed by atoms with E-state index in [4.69, 9.17) is 5.14 Å². The first kappa shape index (κ1) is 22.3. The number of primary sulfonamides is 1. The molecule has 0 aliphatic carbocycles. The quantitative estimate of drug-likeness (QED) is 0.437. The van der Waals surface area contributed by atoms with Gasteiger partial charge in [-0.25, -0.2) is 31.3 Å². The number of nitrogens with zero attached hydrogens (tertiary/aromatic N) is 1. The van der Waals surface area contributed by atoms with Crippen LogP contribution in [0.5, 0.6) is 0 Å². The maximum absolute atomic E-state index is 13.4. The first-order chi connectivity index (χ1) is 15.1. The van der Waals surface area contributed by atoms with E-state index in [0.29, 0.717) is 27.3 Å². The second-order valence-corrected chi connectivity index (χ2v) is 11.7. The van der Waals surface area contributed by atoms with Gasteiger partial charge in [0.1, 0.15) is 5.82 Å². The predicted molar refractivity (Wildman–Crippen MR) is 122 cm³/mol. The van der Waals surface area contributed by atoms with Crippen LogP contribution in [-0.2, 0) is 25.6 Å². The Balaban J connectivity index is 1.83. The lowest BCUT2D eigenvalue weighted by atomic mass is 10.1. The van der Waals surface area contributed by atoms with Crippen LogP contribution < -0.4 is 5.14 Å². The van der Waals surface area contributed by atoms with Gasteiger partial charge in [-0.15, -0.1) is 11.3 Å². The molecule has 0 radical (unpaired) electrons. The highest BCUT2D eigenvalue weighted by atomic mass is 32.2. The molecule has 4 rings (SSSR count). The standard InChI is InChI=1S/C22H17FN2O4S3/c23-18-10-6-17(7-11-18)21-20(16-8-12-19(13-9-16)32(24,28)29)25-22(30-21)31(26,27)14-15-4-2-1-3-5-15/h1-13H,14H2,(H2,24,28,29). The Bertz CT molecular complexity index is 1460. The van der Waals surface area contributed by atoms with Gasteiger partial charge in [-0.1, -0.05) is 54.6 Å². The largest absolute Gasteiger partial charge is 0.238 e. The number of thiazole rings is 1. The van der Waals surface area contributed by atoms with Crippen molar-refractivity contribution in [2.24, 2.45) is 5.14 Å². The molecule has 0 saturated carbocycles. The molecule has 0 aliphatic heterocycles. The van der Waals surface area contributed by atoms with Gasteiger partial charge in [0.2, 0.25) is 24.2 Å². The summed E-state index contributed by atoms with van der Waals surface area (Å²) in [5.41, 5.74) is 2.09. The summed E-state index contributed by atoms with van der Waals surface area (Å²) in [5.74, 6) is -0.636. The number of halogens is 1. The van der Waals surface area contributed by atoms with Crippen LogP contribution in [0, 0.1) is 5.82 Å². The highest BCUT2D eigenvalue weighted by molar-refractivity contribution is 7.92. The fraction of sp³-hybridized carbons (Fsp3) is 0.0455. The number of sulfonamides is 1. The Kier molecular flexibility index (Phi) is 5.95. The molecule has 3 aromatic carbocycles.